The Hall–Kier alpha value is -4.10. The molecule has 7 nitrogen and oxygen atoms in total. The van der Waals surface area contributed by atoms with Crippen molar-refractivity contribution in [2.45, 2.75) is 25.7 Å². The van der Waals surface area contributed by atoms with E-state index in [1.807, 2.05) is 43.3 Å². The maximum atomic E-state index is 13.8. The summed E-state index contributed by atoms with van der Waals surface area (Å²) in [4.78, 5) is 40.0. The molecule has 38 heavy (non-hydrogen) atoms. The molecule has 2 atom stereocenters. The highest BCUT2D eigenvalue weighted by molar-refractivity contribution is 6.34. The van der Waals surface area contributed by atoms with Crippen LogP contribution < -0.4 is 15.0 Å². The number of aliphatic carboxylic acids is 1. The van der Waals surface area contributed by atoms with E-state index in [1.54, 1.807) is 35.2 Å². The average molecular weight is 531 g/mol. The molecule has 2 aliphatic rings. The van der Waals surface area contributed by atoms with Gasteiger partial charge < -0.3 is 20.1 Å². The standard InChI is InChI=1S/C30H27ClN2O5/c1-17-7-9-24(31)23(13-17)28(34)32-25-10-8-19(16-27(25)38-2)29(35)33-12-11-18-14-20(30(36)37)15-22(18)21-5-3-4-6-26(21)33/h3-10,13,15-16,18,22H,11-12,14H2,1-2H3,(H,32,34)(H,36,37)/t18?,22-/m0/s1. The number of nitrogens with zero attached hydrogens (tertiary/aromatic N) is 1. The molecule has 2 N–H and O–H groups in total. The molecule has 3 aromatic rings. The van der Waals surface area contributed by atoms with Crippen LogP contribution in [0.2, 0.25) is 5.02 Å². The zero-order chi connectivity index (χ0) is 27.0. The van der Waals surface area contributed by atoms with E-state index in [-0.39, 0.29) is 23.7 Å². The maximum Gasteiger partial charge on any atom is 0.331 e. The molecule has 8 heteroatoms. The number of halogens is 1. The van der Waals surface area contributed by atoms with Crippen molar-refractivity contribution in [1.82, 2.24) is 0 Å². The van der Waals surface area contributed by atoms with E-state index in [2.05, 4.69) is 5.32 Å². The summed E-state index contributed by atoms with van der Waals surface area (Å²) in [5, 5.41) is 12.7. The molecule has 1 unspecified atom stereocenters. The van der Waals surface area contributed by atoms with Crippen molar-refractivity contribution in [3.8, 4) is 5.75 Å². The molecule has 0 saturated heterocycles. The number of amides is 2. The first-order valence-corrected chi connectivity index (χ1v) is 12.7. The van der Waals surface area contributed by atoms with Crippen molar-refractivity contribution in [2.24, 2.45) is 5.92 Å². The number of hydrogen-bond donors (Lipinski definition) is 2. The predicted octanol–water partition coefficient (Wildman–Crippen LogP) is 6.07. The monoisotopic (exact) mass is 530 g/mol. The Kier molecular flexibility index (Phi) is 6.95. The van der Waals surface area contributed by atoms with E-state index < -0.39 is 5.97 Å². The second-order valence-corrected chi connectivity index (χ2v) is 10.1. The number of carboxylic acid groups (broad SMARTS) is 1. The number of nitrogens with one attached hydrogen (secondary N) is 1. The molecule has 194 valence electrons. The number of anilines is 2. The lowest BCUT2D eigenvalue weighted by molar-refractivity contribution is -0.132. The minimum absolute atomic E-state index is 0.0457. The Bertz CT molecular complexity index is 1480. The Morgan fingerprint density at radius 3 is 2.63 bits per heavy atom. The van der Waals surface area contributed by atoms with Crippen molar-refractivity contribution < 1.29 is 24.2 Å². The summed E-state index contributed by atoms with van der Waals surface area (Å²) < 4.78 is 5.52. The normalized spacial score (nSPS) is 18.1. The van der Waals surface area contributed by atoms with E-state index >= 15 is 0 Å². The largest absolute Gasteiger partial charge is 0.495 e. The van der Waals surface area contributed by atoms with E-state index in [0.29, 0.717) is 52.5 Å². The van der Waals surface area contributed by atoms with Crippen molar-refractivity contribution in [2.75, 3.05) is 23.9 Å². The number of carbonyl (C=O) groups excluding carboxylic acids is 2. The zero-order valence-electron chi connectivity index (χ0n) is 21.0. The number of para-hydroxylation sites is 1. The summed E-state index contributed by atoms with van der Waals surface area (Å²) >= 11 is 6.22. The topological polar surface area (TPSA) is 95.9 Å². The Morgan fingerprint density at radius 2 is 1.87 bits per heavy atom. The number of hydrogen-bond acceptors (Lipinski definition) is 4. The molecule has 3 aromatic carbocycles. The minimum Gasteiger partial charge on any atom is -0.495 e. The minimum atomic E-state index is -0.882. The highest BCUT2D eigenvalue weighted by Gasteiger charge is 2.37. The summed E-state index contributed by atoms with van der Waals surface area (Å²) in [6, 6.07) is 17.8. The van der Waals surface area contributed by atoms with Crippen LogP contribution in [0.4, 0.5) is 11.4 Å². The van der Waals surface area contributed by atoms with Crippen LogP contribution in [0.15, 0.2) is 72.3 Å². The number of allylic oxidation sites excluding steroid dienone is 1. The lowest BCUT2D eigenvalue weighted by Crippen LogP contribution is -2.32. The van der Waals surface area contributed by atoms with Gasteiger partial charge in [0.05, 0.1) is 23.4 Å². The quantitative estimate of drug-likeness (QED) is 0.417. The molecule has 0 saturated carbocycles. The molecule has 1 aliphatic heterocycles. The maximum absolute atomic E-state index is 13.8. The van der Waals surface area contributed by atoms with E-state index in [9.17, 15) is 19.5 Å². The first-order chi connectivity index (χ1) is 18.3. The number of carboxylic acids is 1. The SMILES string of the molecule is COc1cc(C(=O)N2CCC3CC(C(=O)O)=C[C@@H]3c3ccccc32)ccc1NC(=O)c1cc(C)ccc1Cl. The first-order valence-electron chi connectivity index (χ1n) is 12.4. The molecule has 5 rings (SSSR count). The lowest BCUT2D eigenvalue weighted by Gasteiger charge is -2.24. The van der Waals surface area contributed by atoms with Gasteiger partial charge in [0.2, 0.25) is 0 Å². The van der Waals surface area contributed by atoms with Gasteiger partial charge in [-0.3, -0.25) is 9.59 Å². The van der Waals surface area contributed by atoms with Gasteiger partial charge in [-0.05, 0) is 67.6 Å². The summed E-state index contributed by atoms with van der Waals surface area (Å²) in [5.74, 6) is -1.03. The van der Waals surface area contributed by atoms with Crippen LogP contribution in [0.1, 0.15) is 50.6 Å². The number of fused-ring (bicyclic) bond motifs is 3. The highest BCUT2D eigenvalue weighted by atomic mass is 35.5. The van der Waals surface area contributed by atoms with Gasteiger partial charge in [0.25, 0.3) is 11.8 Å². The molecule has 0 bridgehead atoms. The average Bonchev–Trinajstić information content (AvgIpc) is 3.28. The number of rotatable bonds is 5. The zero-order valence-corrected chi connectivity index (χ0v) is 21.8. The molecule has 1 heterocycles. The Morgan fingerprint density at radius 1 is 1.08 bits per heavy atom. The smallest absolute Gasteiger partial charge is 0.331 e. The van der Waals surface area contributed by atoms with Crippen molar-refractivity contribution in [1.29, 1.82) is 0 Å². The summed E-state index contributed by atoms with van der Waals surface area (Å²) in [7, 11) is 1.48. The second-order valence-electron chi connectivity index (χ2n) is 9.64. The molecular formula is C30H27ClN2O5. The summed E-state index contributed by atoms with van der Waals surface area (Å²) in [6.07, 6.45) is 3.01. The number of benzene rings is 3. The number of ether oxygens (including phenoxy) is 1. The van der Waals surface area contributed by atoms with Gasteiger partial charge in [0.15, 0.2) is 0 Å². The predicted molar refractivity (Wildman–Crippen MR) is 146 cm³/mol. The molecule has 0 aromatic heterocycles. The fourth-order valence-electron chi connectivity index (χ4n) is 5.34. The van der Waals surface area contributed by atoms with E-state index in [4.69, 9.17) is 16.3 Å². The highest BCUT2D eigenvalue weighted by Crippen LogP contribution is 2.46. The molecule has 0 radical (unpaired) electrons. The third kappa shape index (κ3) is 4.77. The fourth-order valence-corrected chi connectivity index (χ4v) is 5.55. The number of carbonyl (C=O) groups is 3. The molecule has 1 aliphatic carbocycles. The van der Waals surface area contributed by atoms with Crippen LogP contribution in [0.3, 0.4) is 0 Å². The third-order valence-corrected chi connectivity index (χ3v) is 7.59. The van der Waals surface area contributed by atoms with Gasteiger partial charge in [-0.15, -0.1) is 0 Å². The number of aryl methyl sites for hydroxylation is 1. The Labute approximate surface area is 225 Å². The van der Waals surface area contributed by atoms with E-state index in [1.165, 1.54) is 7.11 Å². The van der Waals surface area contributed by atoms with Gasteiger partial charge in [0, 0.05) is 29.3 Å². The van der Waals surface area contributed by atoms with Crippen LogP contribution in [0.5, 0.6) is 5.75 Å². The van der Waals surface area contributed by atoms with Crippen LogP contribution in [-0.2, 0) is 4.79 Å². The van der Waals surface area contributed by atoms with E-state index in [0.717, 1.165) is 16.8 Å². The molecular weight excluding hydrogens is 504 g/mol. The van der Waals surface area contributed by atoms with Crippen LogP contribution in [0, 0.1) is 12.8 Å². The van der Waals surface area contributed by atoms with Crippen molar-refractivity contribution in [3.05, 3.63) is 99.6 Å². The summed E-state index contributed by atoms with van der Waals surface area (Å²) in [6.45, 7) is 2.34. The van der Waals surface area contributed by atoms with Gasteiger partial charge in [-0.2, -0.15) is 0 Å². The molecule has 2 amide bonds. The van der Waals surface area contributed by atoms with Gasteiger partial charge in [-0.1, -0.05) is 47.5 Å². The third-order valence-electron chi connectivity index (χ3n) is 7.26. The Balaban J connectivity index is 1.43. The van der Waals surface area contributed by atoms with Crippen molar-refractivity contribution >= 4 is 40.8 Å². The molecule has 0 spiro atoms. The van der Waals surface area contributed by atoms with Crippen LogP contribution >= 0.6 is 11.6 Å². The lowest BCUT2D eigenvalue weighted by atomic mass is 9.87. The first kappa shape index (κ1) is 25.5. The van der Waals surface area contributed by atoms with Crippen molar-refractivity contribution in [3.63, 3.8) is 0 Å². The fraction of sp³-hybridized carbons (Fsp3) is 0.233. The number of methoxy groups -OCH3 is 1. The van der Waals surface area contributed by atoms with Gasteiger partial charge in [0.1, 0.15) is 5.75 Å². The van der Waals surface area contributed by atoms with Gasteiger partial charge >= 0.3 is 5.97 Å². The van der Waals surface area contributed by atoms with Gasteiger partial charge in [-0.25, -0.2) is 4.79 Å². The summed E-state index contributed by atoms with van der Waals surface area (Å²) in [5.41, 5.74) is 4.25. The second kappa shape index (κ2) is 10.3. The van der Waals surface area contributed by atoms with Crippen LogP contribution in [-0.4, -0.2) is 36.5 Å². The van der Waals surface area contributed by atoms with Crippen LogP contribution in [0.25, 0.3) is 0 Å². The molecule has 0 fully saturated rings.